The molecule has 0 aliphatic heterocycles. The lowest BCUT2D eigenvalue weighted by molar-refractivity contribution is 0.340. The van der Waals surface area contributed by atoms with E-state index in [0.717, 1.165) is 12.2 Å². The molecule has 0 saturated heterocycles. The van der Waals surface area contributed by atoms with E-state index in [9.17, 15) is 0 Å². The van der Waals surface area contributed by atoms with Gasteiger partial charge >= 0.3 is 0 Å². The van der Waals surface area contributed by atoms with Crippen molar-refractivity contribution in [1.29, 1.82) is 0 Å². The van der Waals surface area contributed by atoms with Gasteiger partial charge in [-0.25, -0.2) is 0 Å². The van der Waals surface area contributed by atoms with Crippen molar-refractivity contribution in [2.24, 2.45) is 0 Å². The number of hydrogen-bond donors (Lipinski definition) is 0. The molecule has 0 saturated carbocycles. The molecule has 0 bridgehead atoms. The zero-order valence-corrected chi connectivity index (χ0v) is 12.3. The molecule has 0 aliphatic rings. The van der Waals surface area contributed by atoms with Crippen molar-refractivity contribution in [1.82, 2.24) is 0 Å². The minimum absolute atomic E-state index is 0.575. The summed E-state index contributed by atoms with van der Waals surface area (Å²) in [6, 6.07) is 8.15. The van der Waals surface area contributed by atoms with Gasteiger partial charge in [0.1, 0.15) is 11.5 Å². The summed E-state index contributed by atoms with van der Waals surface area (Å²) in [6.45, 7) is 11.9. The largest absolute Gasteiger partial charge is 0.494 e. The van der Waals surface area contributed by atoms with Gasteiger partial charge in [-0.2, -0.15) is 0 Å². The van der Waals surface area contributed by atoms with Gasteiger partial charge in [0.25, 0.3) is 0 Å². The van der Waals surface area contributed by atoms with Crippen LogP contribution in [0.15, 0.2) is 73.2 Å². The van der Waals surface area contributed by atoms with E-state index >= 15 is 0 Å². The highest BCUT2D eigenvalue weighted by Crippen LogP contribution is 2.16. The summed E-state index contributed by atoms with van der Waals surface area (Å²) in [7, 11) is 0. The molecule has 1 rings (SSSR count). The first-order valence-corrected chi connectivity index (χ1v) is 6.71. The SMILES string of the molecule is C=COC(=C)/C=C\C(=C/C)Cc1ccc(OCC)cc1. The van der Waals surface area contributed by atoms with Crippen LogP contribution >= 0.6 is 0 Å². The van der Waals surface area contributed by atoms with Crippen LogP contribution < -0.4 is 4.74 Å². The second-order valence-electron chi connectivity index (χ2n) is 4.20. The number of allylic oxidation sites excluding steroid dienone is 4. The van der Waals surface area contributed by atoms with E-state index in [1.807, 2.05) is 38.1 Å². The quantitative estimate of drug-likeness (QED) is 0.499. The summed E-state index contributed by atoms with van der Waals surface area (Å²) in [5.74, 6) is 1.48. The molecule has 0 radical (unpaired) electrons. The van der Waals surface area contributed by atoms with E-state index in [2.05, 4.69) is 31.4 Å². The lowest BCUT2D eigenvalue weighted by atomic mass is 10.0. The number of rotatable bonds is 8. The van der Waals surface area contributed by atoms with Crippen molar-refractivity contribution in [3.8, 4) is 5.75 Å². The van der Waals surface area contributed by atoms with Crippen LogP contribution in [0.3, 0.4) is 0 Å². The Hall–Kier alpha value is -2.22. The summed E-state index contributed by atoms with van der Waals surface area (Å²) >= 11 is 0. The highest BCUT2D eigenvalue weighted by atomic mass is 16.5. The molecular formula is C18H22O2. The predicted octanol–water partition coefficient (Wildman–Crippen LogP) is 4.80. The summed E-state index contributed by atoms with van der Waals surface area (Å²) in [4.78, 5) is 0. The first-order chi connectivity index (χ1) is 9.69. The zero-order chi connectivity index (χ0) is 14.8. The van der Waals surface area contributed by atoms with Crippen molar-refractivity contribution in [2.75, 3.05) is 6.61 Å². The fourth-order valence-corrected chi connectivity index (χ4v) is 1.71. The molecule has 0 unspecified atom stereocenters. The fourth-order valence-electron chi connectivity index (χ4n) is 1.71. The normalized spacial score (nSPS) is 11.4. The molecule has 0 heterocycles. The molecule has 1 aromatic carbocycles. The summed E-state index contributed by atoms with van der Waals surface area (Å²) in [5.41, 5.74) is 2.43. The smallest absolute Gasteiger partial charge is 0.119 e. The Morgan fingerprint density at radius 2 is 1.90 bits per heavy atom. The topological polar surface area (TPSA) is 18.5 Å². The molecule has 0 N–H and O–H groups in total. The number of benzene rings is 1. The van der Waals surface area contributed by atoms with E-state index in [1.165, 1.54) is 17.4 Å². The van der Waals surface area contributed by atoms with Gasteiger partial charge in [-0.1, -0.05) is 37.4 Å². The number of ether oxygens (including phenoxy) is 2. The summed E-state index contributed by atoms with van der Waals surface area (Å²) in [6.07, 6.45) is 8.15. The Balaban J connectivity index is 2.64. The summed E-state index contributed by atoms with van der Waals surface area (Å²) in [5, 5.41) is 0. The monoisotopic (exact) mass is 270 g/mol. The van der Waals surface area contributed by atoms with E-state index in [0.29, 0.717) is 12.4 Å². The Morgan fingerprint density at radius 1 is 1.20 bits per heavy atom. The molecule has 0 atom stereocenters. The highest BCUT2D eigenvalue weighted by Gasteiger charge is 1.98. The van der Waals surface area contributed by atoms with Crippen LogP contribution in [-0.4, -0.2) is 6.61 Å². The third-order valence-electron chi connectivity index (χ3n) is 2.73. The Labute approximate surface area is 121 Å². The van der Waals surface area contributed by atoms with Crippen LogP contribution in [0, 0.1) is 0 Å². The van der Waals surface area contributed by atoms with Crippen LogP contribution in [0.4, 0.5) is 0 Å². The molecule has 106 valence electrons. The Kier molecular flexibility index (Phi) is 6.97. The van der Waals surface area contributed by atoms with Crippen LogP contribution in [0.2, 0.25) is 0 Å². The fraction of sp³-hybridized carbons (Fsp3) is 0.222. The van der Waals surface area contributed by atoms with Gasteiger partial charge in [-0.05, 0) is 49.6 Å². The van der Waals surface area contributed by atoms with Crippen molar-refractivity contribution >= 4 is 0 Å². The third kappa shape index (κ3) is 5.61. The zero-order valence-electron chi connectivity index (χ0n) is 12.3. The van der Waals surface area contributed by atoms with Crippen molar-refractivity contribution in [3.05, 3.63) is 78.8 Å². The van der Waals surface area contributed by atoms with Crippen LogP contribution in [0.1, 0.15) is 19.4 Å². The molecule has 0 spiro atoms. The lowest BCUT2D eigenvalue weighted by Gasteiger charge is -2.06. The molecule has 0 amide bonds. The average molecular weight is 270 g/mol. The third-order valence-corrected chi connectivity index (χ3v) is 2.73. The molecule has 2 nitrogen and oxygen atoms in total. The number of hydrogen-bond acceptors (Lipinski definition) is 2. The van der Waals surface area contributed by atoms with Crippen molar-refractivity contribution < 1.29 is 9.47 Å². The van der Waals surface area contributed by atoms with E-state index in [1.54, 1.807) is 0 Å². The van der Waals surface area contributed by atoms with Crippen LogP contribution in [-0.2, 0) is 11.2 Å². The molecular weight excluding hydrogens is 248 g/mol. The lowest BCUT2D eigenvalue weighted by Crippen LogP contribution is -1.92. The minimum Gasteiger partial charge on any atom is -0.494 e. The van der Waals surface area contributed by atoms with Gasteiger partial charge < -0.3 is 9.47 Å². The maximum Gasteiger partial charge on any atom is 0.119 e. The van der Waals surface area contributed by atoms with E-state index in [-0.39, 0.29) is 0 Å². The van der Waals surface area contributed by atoms with Crippen molar-refractivity contribution in [2.45, 2.75) is 20.3 Å². The Morgan fingerprint density at radius 3 is 2.45 bits per heavy atom. The molecule has 0 fully saturated rings. The second-order valence-corrected chi connectivity index (χ2v) is 4.20. The van der Waals surface area contributed by atoms with Crippen LogP contribution in [0.5, 0.6) is 5.75 Å². The van der Waals surface area contributed by atoms with E-state index in [4.69, 9.17) is 9.47 Å². The van der Waals surface area contributed by atoms with Gasteiger partial charge in [-0.15, -0.1) is 0 Å². The first kappa shape index (κ1) is 15.8. The second kappa shape index (κ2) is 8.81. The van der Waals surface area contributed by atoms with Crippen molar-refractivity contribution in [3.63, 3.8) is 0 Å². The van der Waals surface area contributed by atoms with Gasteiger partial charge in [0.05, 0.1) is 12.9 Å². The maximum atomic E-state index is 5.43. The molecule has 1 aromatic rings. The predicted molar refractivity (Wildman–Crippen MR) is 84.6 cm³/mol. The molecule has 20 heavy (non-hydrogen) atoms. The standard InChI is InChI=1S/C18H22O2/c1-5-16(9-8-15(4)19-6-2)14-17-10-12-18(13-11-17)20-7-3/h5-6,8-13H,2,4,7,14H2,1,3H3/b9-8-,16-5+. The Bertz CT molecular complexity index is 493. The van der Waals surface area contributed by atoms with Gasteiger partial charge in [0.15, 0.2) is 0 Å². The first-order valence-electron chi connectivity index (χ1n) is 6.71. The average Bonchev–Trinajstić information content (AvgIpc) is 2.46. The molecule has 2 heteroatoms. The maximum absolute atomic E-state index is 5.43. The van der Waals surface area contributed by atoms with Crippen LogP contribution in [0.25, 0.3) is 0 Å². The minimum atomic E-state index is 0.575. The molecule has 0 aromatic heterocycles. The van der Waals surface area contributed by atoms with E-state index < -0.39 is 0 Å². The molecule has 0 aliphatic carbocycles. The highest BCUT2D eigenvalue weighted by molar-refractivity contribution is 5.33. The van der Waals surface area contributed by atoms with Gasteiger partial charge in [0, 0.05) is 0 Å². The summed E-state index contributed by atoms with van der Waals surface area (Å²) < 4.78 is 10.5. The van der Waals surface area contributed by atoms with Gasteiger partial charge in [0.2, 0.25) is 0 Å². The van der Waals surface area contributed by atoms with Gasteiger partial charge in [-0.3, -0.25) is 0 Å².